The molecule has 0 saturated carbocycles. The van der Waals surface area contributed by atoms with E-state index in [0.717, 1.165) is 11.6 Å². The maximum absolute atomic E-state index is 5.06. The molecule has 1 fully saturated rings. The number of hydrogen-bond donors (Lipinski definition) is 1. The smallest absolute Gasteiger partial charge is 0.213 e. The zero-order valence-corrected chi connectivity index (χ0v) is 12.2. The Bertz CT molecular complexity index is 369. The summed E-state index contributed by atoms with van der Waals surface area (Å²) in [6.45, 7) is 8.18. The van der Waals surface area contributed by atoms with Gasteiger partial charge < -0.3 is 15.0 Å². The molecule has 0 spiro atoms. The van der Waals surface area contributed by atoms with Crippen molar-refractivity contribution in [2.75, 3.05) is 32.1 Å². The largest absolute Gasteiger partial charge is 0.481 e. The molecule has 1 N–H and O–H groups in total. The quantitative estimate of drug-likeness (QED) is 0.886. The zero-order chi connectivity index (χ0) is 13.7. The van der Waals surface area contributed by atoms with Crippen LogP contribution in [0.2, 0.25) is 0 Å². The summed E-state index contributed by atoms with van der Waals surface area (Å²) >= 11 is 0. The number of hydrogen-bond acceptors (Lipinski definition) is 4. The SMILES string of the molecule is COc1ccc(NC2CCN(CC(C)C)CC2)cn1. The Kier molecular flexibility index (Phi) is 5.02. The van der Waals surface area contributed by atoms with Crippen LogP contribution in [0, 0.1) is 5.92 Å². The van der Waals surface area contributed by atoms with Gasteiger partial charge in [0, 0.05) is 31.7 Å². The van der Waals surface area contributed by atoms with Gasteiger partial charge >= 0.3 is 0 Å². The predicted molar refractivity (Wildman–Crippen MR) is 78.7 cm³/mol. The van der Waals surface area contributed by atoms with E-state index in [-0.39, 0.29) is 0 Å². The van der Waals surface area contributed by atoms with Crippen LogP contribution in [0.3, 0.4) is 0 Å². The number of pyridine rings is 1. The standard InChI is InChI=1S/C15H25N3O/c1-12(2)11-18-8-6-13(7-9-18)17-14-4-5-15(19-3)16-10-14/h4-5,10,12-13,17H,6-9,11H2,1-3H3. The number of ether oxygens (including phenoxy) is 1. The summed E-state index contributed by atoms with van der Waals surface area (Å²) in [6.07, 6.45) is 4.26. The van der Waals surface area contributed by atoms with Gasteiger partial charge in [0.15, 0.2) is 0 Å². The molecule has 0 atom stereocenters. The highest BCUT2D eigenvalue weighted by Crippen LogP contribution is 2.18. The van der Waals surface area contributed by atoms with E-state index in [1.54, 1.807) is 7.11 Å². The lowest BCUT2D eigenvalue weighted by atomic mass is 10.0. The summed E-state index contributed by atoms with van der Waals surface area (Å²) in [5.74, 6) is 1.42. The van der Waals surface area contributed by atoms with E-state index in [9.17, 15) is 0 Å². The van der Waals surface area contributed by atoms with Crippen LogP contribution in [0.25, 0.3) is 0 Å². The summed E-state index contributed by atoms with van der Waals surface area (Å²) in [7, 11) is 1.64. The molecule has 1 aliphatic rings. The second-order valence-corrected chi connectivity index (χ2v) is 5.70. The fourth-order valence-electron chi connectivity index (χ4n) is 2.60. The maximum atomic E-state index is 5.06. The number of anilines is 1. The lowest BCUT2D eigenvalue weighted by Crippen LogP contribution is -2.40. The third kappa shape index (κ3) is 4.39. The fraction of sp³-hybridized carbons (Fsp3) is 0.667. The van der Waals surface area contributed by atoms with Crippen molar-refractivity contribution in [2.24, 2.45) is 5.92 Å². The van der Waals surface area contributed by atoms with Crippen LogP contribution in [-0.2, 0) is 0 Å². The highest BCUT2D eigenvalue weighted by Gasteiger charge is 2.19. The molecule has 4 nitrogen and oxygen atoms in total. The number of nitrogens with zero attached hydrogens (tertiary/aromatic N) is 2. The second-order valence-electron chi connectivity index (χ2n) is 5.70. The number of methoxy groups -OCH3 is 1. The van der Waals surface area contributed by atoms with Crippen molar-refractivity contribution in [3.05, 3.63) is 18.3 Å². The highest BCUT2D eigenvalue weighted by atomic mass is 16.5. The average molecular weight is 263 g/mol. The van der Waals surface area contributed by atoms with E-state index in [1.807, 2.05) is 18.3 Å². The molecular weight excluding hydrogens is 238 g/mol. The Morgan fingerprint density at radius 1 is 1.37 bits per heavy atom. The molecule has 1 aliphatic heterocycles. The van der Waals surface area contributed by atoms with Crippen molar-refractivity contribution >= 4 is 5.69 Å². The number of aromatic nitrogens is 1. The van der Waals surface area contributed by atoms with Crippen molar-refractivity contribution < 1.29 is 4.74 Å². The van der Waals surface area contributed by atoms with Gasteiger partial charge in [0.1, 0.15) is 0 Å². The number of likely N-dealkylation sites (tertiary alicyclic amines) is 1. The van der Waals surface area contributed by atoms with Gasteiger partial charge in [-0.2, -0.15) is 0 Å². The first-order valence-electron chi connectivity index (χ1n) is 7.16. The van der Waals surface area contributed by atoms with E-state index in [4.69, 9.17) is 4.74 Å². The minimum atomic E-state index is 0.568. The zero-order valence-electron chi connectivity index (χ0n) is 12.2. The molecule has 2 heterocycles. The van der Waals surface area contributed by atoms with Crippen LogP contribution < -0.4 is 10.1 Å². The predicted octanol–water partition coefficient (Wildman–Crippen LogP) is 2.62. The molecule has 4 heteroatoms. The van der Waals surface area contributed by atoms with Crippen molar-refractivity contribution in [1.82, 2.24) is 9.88 Å². The van der Waals surface area contributed by atoms with Gasteiger partial charge in [-0.25, -0.2) is 4.98 Å². The van der Waals surface area contributed by atoms with E-state index >= 15 is 0 Å². The lowest BCUT2D eigenvalue weighted by molar-refractivity contribution is 0.198. The van der Waals surface area contributed by atoms with Gasteiger partial charge in [-0.3, -0.25) is 0 Å². The second kappa shape index (κ2) is 6.75. The van der Waals surface area contributed by atoms with Crippen molar-refractivity contribution in [2.45, 2.75) is 32.7 Å². The summed E-state index contributed by atoms with van der Waals surface area (Å²) < 4.78 is 5.06. The molecule has 1 aromatic rings. The summed E-state index contributed by atoms with van der Waals surface area (Å²) in [5.41, 5.74) is 1.09. The van der Waals surface area contributed by atoms with Crippen LogP contribution >= 0.6 is 0 Å². The normalized spacial score (nSPS) is 17.7. The van der Waals surface area contributed by atoms with Gasteiger partial charge in [0.25, 0.3) is 0 Å². The first-order valence-corrected chi connectivity index (χ1v) is 7.16. The Morgan fingerprint density at radius 3 is 2.63 bits per heavy atom. The Balaban J connectivity index is 1.78. The van der Waals surface area contributed by atoms with Crippen LogP contribution in [0.4, 0.5) is 5.69 Å². The topological polar surface area (TPSA) is 37.4 Å². The van der Waals surface area contributed by atoms with E-state index in [0.29, 0.717) is 11.9 Å². The molecule has 0 unspecified atom stereocenters. The Morgan fingerprint density at radius 2 is 2.11 bits per heavy atom. The molecule has 0 amide bonds. The minimum absolute atomic E-state index is 0.568. The first-order chi connectivity index (χ1) is 9.17. The first kappa shape index (κ1) is 14.1. The molecular formula is C15H25N3O. The van der Waals surface area contributed by atoms with Crippen molar-refractivity contribution in [3.63, 3.8) is 0 Å². The highest BCUT2D eigenvalue weighted by molar-refractivity contribution is 5.43. The molecule has 0 bridgehead atoms. The summed E-state index contributed by atoms with van der Waals surface area (Å²) in [5, 5.41) is 3.56. The monoisotopic (exact) mass is 263 g/mol. The van der Waals surface area contributed by atoms with Gasteiger partial charge in [0.2, 0.25) is 5.88 Å². The molecule has 0 radical (unpaired) electrons. The van der Waals surface area contributed by atoms with Gasteiger partial charge in [-0.1, -0.05) is 13.8 Å². The summed E-state index contributed by atoms with van der Waals surface area (Å²) in [6, 6.07) is 4.50. The van der Waals surface area contributed by atoms with Gasteiger partial charge in [-0.15, -0.1) is 0 Å². The Labute approximate surface area is 116 Å². The molecule has 2 rings (SSSR count). The minimum Gasteiger partial charge on any atom is -0.481 e. The average Bonchev–Trinajstić information content (AvgIpc) is 2.41. The molecule has 106 valence electrons. The van der Waals surface area contributed by atoms with Crippen LogP contribution in [0.5, 0.6) is 5.88 Å². The fourth-order valence-corrected chi connectivity index (χ4v) is 2.60. The molecule has 0 aliphatic carbocycles. The van der Waals surface area contributed by atoms with Gasteiger partial charge in [-0.05, 0) is 24.8 Å². The van der Waals surface area contributed by atoms with Crippen LogP contribution in [0.1, 0.15) is 26.7 Å². The lowest BCUT2D eigenvalue weighted by Gasteiger charge is -2.33. The van der Waals surface area contributed by atoms with E-state index in [1.165, 1.54) is 32.5 Å². The van der Waals surface area contributed by atoms with E-state index in [2.05, 4.69) is 29.0 Å². The molecule has 0 aromatic carbocycles. The Hall–Kier alpha value is -1.29. The molecule has 19 heavy (non-hydrogen) atoms. The van der Waals surface area contributed by atoms with Crippen molar-refractivity contribution in [1.29, 1.82) is 0 Å². The van der Waals surface area contributed by atoms with Crippen molar-refractivity contribution in [3.8, 4) is 5.88 Å². The van der Waals surface area contributed by atoms with Gasteiger partial charge in [0.05, 0.1) is 19.0 Å². The molecule has 1 aromatic heterocycles. The summed E-state index contributed by atoms with van der Waals surface area (Å²) in [4.78, 5) is 6.79. The van der Waals surface area contributed by atoms with Crippen LogP contribution in [-0.4, -0.2) is 42.7 Å². The third-order valence-corrected chi connectivity index (χ3v) is 3.53. The third-order valence-electron chi connectivity index (χ3n) is 3.53. The molecule has 1 saturated heterocycles. The van der Waals surface area contributed by atoms with E-state index < -0.39 is 0 Å². The number of piperidine rings is 1. The maximum Gasteiger partial charge on any atom is 0.213 e. The van der Waals surface area contributed by atoms with Crippen LogP contribution in [0.15, 0.2) is 18.3 Å². The number of rotatable bonds is 5. The number of nitrogens with one attached hydrogen (secondary N) is 1.